The van der Waals surface area contributed by atoms with E-state index in [-0.39, 0.29) is 0 Å². The van der Waals surface area contributed by atoms with Crippen molar-refractivity contribution >= 4 is 0 Å². The molecule has 16 heavy (non-hydrogen) atoms. The lowest BCUT2D eigenvalue weighted by Crippen LogP contribution is -2.21. The van der Waals surface area contributed by atoms with E-state index in [4.69, 9.17) is 0 Å². The molecule has 0 aromatic heterocycles. The van der Waals surface area contributed by atoms with E-state index in [2.05, 4.69) is 49.5 Å². The average Bonchev–Trinajstić information content (AvgIpc) is 2.34. The fourth-order valence-electron chi connectivity index (χ4n) is 1.89. The molecular formula is C15H25N. The minimum absolute atomic E-state index is 0.618. The van der Waals surface area contributed by atoms with Crippen molar-refractivity contribution in [3.05, 3.63) is 35.9 Å². The van der Waals surface area contributed by atoms with E-state index in [0.717, 1.165) is 13.1 Å². The van der Waals surface area contributed by atoms with E-state index in [1.807, 2.05) is 0 Å². The zero-order valence-corrected chi connectivity index (χ0v) is 10.7. The van der Waals surface area contributed by atoms with Gasteiger partial charge in [0.1, 0.15) is 0 Å². The highest BCUT2D eigenvalue weighted by atomic mass is 14.8. The van der Waals surface area contributed by atoms with Crippen LogP contribution in [-0.4, -0.2) is 13.1 Å². The van der Waals surface area contributed by atoms with Crippen LogP contribution in [0.1, 0.15) is 51.0 Å². The first kappa shape index (κ1) is 13.2. The Morgan fingerprint density at radius 1 is 1.06 bits per heavy atom. The van der Waals surface area contributed by atoms with Gasteiger partial charge in [0.2, 0.25) is 0 Å². The van der Waals surface area contributed by atoms with Gasteiger partial charge in [0.05, 0.1) is 0 Å². The Bertz CT molecular complexity index is 255. The summed E-state index contributed by atoms with van der Waals surface area (Å²) in [5, 5.41) is 3.54. The van der Waals surface area contributed by atoms with Crippen LogP contribution >= 0.6 is 0 Å². The van der Waals surface area contributed by atoms with Crippen LogP contribution in [0.15, 0.2) is 30.3 Å². The Labute approximate surface area is 100 Å². The first-order valence-electron chi connectivity index (χ1n) is 6.60. The van der Waals surface area contributed by atoms with Crippen molar-refractivity contribution in [3.63, 3.8) is 0 Å². The average molecular weight is 219 g/mol. The number of hydrogen-bond acceptors (Lipinski definition) is 1. The molecule has 0 aliphatic heterocycles. The summed E-state index contributed by atoms with van der Waals surface area (Å²) in [7, 11) is 0. The highest BCUT2D eigenvalue weighted by Crippen LogP contribution is 2.12. The maximum Gasteiger partial charge on any atom is 0.00174 e. The summed E-state index contributed by atoms with van der Waals surface area (Å²) in [6, 6.07) is 10.7. The van der Waals surface area contributed by atoms with Gasteiger partial charge in [-0.1, -0.05) is 63.4 Å². The molecule has 0 aliphatic rings. The second-order valence-corrected chi connectivity index (χ2v) is 4.58. The number of unbranched alkanes of at least 4 members (excludes halogenated alkanes) is 3. The molecule has 0 aliphatic carbocycles. The Balaban J connectivity index is 2.09. The standard InChI is InChI=1S/C15H25N/c1-3-4-5-9-12-16-13-14(2)15-10-7-6-8-11-15/h6-8,10-11,14,16H,3-5,9,12-13H2,1-2H3/t14-/m0/s1. The molecule has 1 atom stereocenters. The predicted molar refractivity (Wildman–Crippen MR) is 71.9 cm³/mol. The highest BCUT2D eigenvalue weighted by Gasteiger charge is 2.02. The van der Waals surface area contributed by atoms with Gasteiger partial charge < -0.3 is 5.32 Å². The molecular weight excluding hydrogens is 194 g/mol. The third-order valence-electron chi connectivity index (χ3n) is 3.03. The molecule has 0 radical (unpaired) electrons. The maximum atomic E-state index is 3.54. The smallest absolute Gasteiger partial charge is 0.00174 e. The van der Waals surface area contributed by atoms with Gasteiger partial charge in [0.15, 0.2) is 0 Å². The molecule has 0 saturated carbocycles. The fourth-order valence-corrected chi connectivity index (χ4v) is 1.89. The van der Waals surface area contributed by atoms with E-state index in [1.165, 1.54) is 31.2 Å². The molecule has 0 spiro atoms. The summed E-state index contributed by atoms with van der Waals surface area (Å²) in [5.41, 5.74) is 1.43. The predicted octanol–water partition coefficient (Wildman–Crippen LogP) is 3.96. The summed E-state index contributed by atoms with van der Waals surface area (Å²) >= 11 is 0. The van der Waals surface area contributed by atoms with Crippen molar-refractivity contribution in [2.45, 2.75) is 45.4 Å². The van der Waals surface area contributed by atoms with Gasteiger partial charge in [-0.05, 0) is 24.4 Å². The van der Waals surface area contributed by atoms with Gasteiger partial charge in [0, 0.05) is 6.54 Å². The Morgan fingerprint density at radius 2 is 1.81 bits per heavy atom. The van der Waals surface area contributed by atoms with Gasteiger partial charge in [-0.25, -0.2) is 0 Å². The summed E-state index contributed by atoms with van der Waals surface area (Å²) in [6.07, 6.45) is 5.37. The van der Waals surface area contributed by atoms with Crippen LogP contribution in [0, 0.1) is 0 Å². The van der Waals surface area contributed by atoms with Crippen molar-refractivity contribution in [2.75, 3.05) is 13.1 Å². The van der Waals surface area contributed by atoms with Crippen molar-refractivity contribution in [1.29, 1.82) is 0 Å². The molecule has 0 unspecified atom stereocenters. The van der Waals surface area contributed by atoms with Gasteiger partial charge in [-0.3, -0.25) is 0 Å². The lowest BCUT2D eigenvalue weighted by atomic mass is 10.0. The van der Waals surface area contributed by atoms with Crippen LogP contribution in [0.2, 0.25) is 0 Å². The van der Waals surface area contributed by atoms with Crippen molar-refractivity contribution < 1.29 is 0 Å². The van der Waals surface area contributed by atoms with Crippen LogP contribution in [0.4, 0.5) is 0 Å². The molecule has 1 aromatic carbocycles. The first-order chi connectivity index (χ1) is 7.84. The number of nitrogens with one attached hydrogen (secondary N) is 1. The summed E-state index contributed by atoms with van der Waals surface area (Å²) in [6.45, 7) is 6.80. The second kappa shape index (κ2) is 8.35. The van der Waals surface area contributed by atoms with Crippen LogP contribution in [0.3, 0.4) is 0 Å². The molecule has 1 aromatic rings. The minimum Gasteiger partial charge on any atom is -0.316 e. The van der Waals surface area contributed by atoms with Crippen LogP contribution in [0.25, 0.3) is 0 Å². The van der Waals surface area contributed by atoms with Crippen LogP contribution in [-0.2, 0) is 0 Å². The number of benzene rings is 1. The van der Waals surface area contributed by atoms with E-state index < -0.39 is 0 Å². The summed E-state index contributed by atoms with van der Waals surface area (Å²) in [5.74, 6) is 0.618. The normalized spacial score (nSPS) is 12.6. The van der Waals surface area contributed by atoms with Crippen LogP contribution < -0.4 is 5.32 Å². The third kappa shape index (κ3) is 5.32. The molecule has 0 heterocycles. The molecule has 0 bridgehead atoms. The molecule has 1 heteroatoms. The van der Waals surface area contributed by atoms with E-state index in [9.17, 15) is 0 Å². The van der Waals surface area contributed by atoms with Crippen molar-refractivity contribution in [3.8, 4) is 0 Å². The molecule has 0 amide bonds. The number of hydrogen-bond donors (Lipinski definition) is 1. The van der Waals surface area contributed by atoms with Gasteiger partial charge in [-0.15, -0.1) is 0 Å². The molecule has 90 valence electrons. The van der Waals surface area contributed by atoms with E-state index >= 15 is 0 Å². The monoisotopic (exact) mass is 219 g/mol. The van der Waals surface area contributed by atoms with Crippen molar-refractivity contribution in [2.24, 2.45) is 0 Å². The summed E-state index contributed by atoms with van der Waals surface area (Å²) < 4.78 is 0. The molecule has 1 nitrogen and oxygen atoms in total. The second-order valence-electron chi connectivity index (χ2n) is 4.58. The van der Waals surface area contributed by atoms with Gasteiger partial charge in [-0.2, -0.15) is 0 Å². The van der Waals surface area contributed by atoms with Crippen molar-refractivity contribution in [1.82, 2.24) is 5.32 Å². The molecule has 0 fully saturated rings. The maximum absolute atomic E-state index is 3.54. The Morgan fingerprint density at radius 3 is 2.50 bits per heavy atom. The summed E-state index contributed by atoms with van der Waals surface area (Å²) in [4.78, 5) is 0. The lowest BCUT2D eigenvalue weighted by Gasteiger charge is -2.12. The topological polar surface area (TPSA) is 12.0 Å². The Hall–Kier alpha value is -0.820. The highest BCUT2D eigenvalue weighted by molar-refractivity contribution is 5.18. The van der Waals surface area contributed by atoms with E-state index in [1.54, 1.807) is 0 Å². The molecule has 1 N–H and O–H groups in total. The zero-order chi connectivity index (χ0) is 11.6. The first-order valence-corrected chi connectivity index (χ1v) is 6.60. The van der Waals surface area contributed by atoms with E-state index in [0.29, 0.717) is 5.92 Å². The zero-order valence-electron chi connectivity index (χ0n) is 10.7. The SMILES string of the molecule is CCCCCCNC[C@H](C)c1ccccc1. The van der Waals surface area contributed by atoms with Gasteiger partial charge >= 0.3 is 0 Å². The lowest BCUT2D eigenvalue weighted by molar-refractivity contribution is 0.568. The minimum atomic E-state index is 0.618. The van der Waals surface area contributed by atoms with Gasteiger partial charge in [0.25, 0.3) is 0 Å². The van der Waals surface area contributed by atoms with Crippen LogP contribution in [0.5, 0.6) is 0 Å². The largest absolute Gasteiger partial charge is 0.316 e. The number of rotatable bonds is 8. The third-order valence-corrected chi connectivity index (χ3v) is 3.03. The fraction of sp³-hybridized carbons (Fsp3) is 0.600. The quantitative estimate of drug-likeness (QED) is 0.653. The molecule has 0 saturated heterocycles. The molecule has 1 rings (SSSR count). The Kier molecular flexibility index (Phi) is 6.91.